The Kier molecular flexibility index (Phi) is 5.31. The number of halogens is 1. The number of aromatic nitrogens is 2. The standard InChI is InChI=1S/C19H24ClN5O2/c20-15-3-4-17-21-16(14-25(17)12-15)13-22-8-10-24(11-9-22)19(27)5-7-23-6-1-2-18(23)26/h3-4,12,14H,1-2,5-11,13H2. The molecule has 2 aliphatic heterocycles. The molecule has 2 saturated heterocycles. The van der Waals surface area contributed by atoms with Crippen LogP contribution in [-0.2, 0) is 16.1 Å². The number of fused-ring (bicyclic) bond motifs is 1. The third-order valence-corrected chi connectivity index (χ3v) is 5.57. The van der Waals surface area contributed by atoms with Crippen LogP contribution in [0.25, 0.3) is 5.65 Å². The molecular weight excluding hydrogens is 366 g/mol. The molecule has 7 nitrogen and oxygen atoms in total. The second kappa shape index (κ2) is 7.86. The van der Waals surface area contributed by atoms with Crippen molar-refractivity contribution < 1.29 is 9.59 Å². The van der Waals surface area contributed by atoms with Gasteiger partial charge in [0.05, 0.1) is 10.7 Å². The number of carbonyl (C=O) groups excluding carboxylic acids is 2. The lowest BCUT2D eigenvalue weighted by atomic mass is 10.2. The van der Waals surface area contributed by atoms with Crippen molar-refractivity contribution >= 4 is 29.1 Å². The molecule has 2 fully saturated rings. The number of carbonyl (C=O) groups is 2. The Bertz CT molecular complexity index is 844. The van der Waals surface area contributed by atoms with E-state index in [1.807, 2.05) is 38.7 Å². The van der Waals surface area contributed by atoms with Crippen LogP contribution >= 0.6 is 11.6 Å². The quantitative estimate of drug-likeness (QED) is 0.780. The van der Waals surface area contributed by atoms with Crippen molar-refractivity contribution in [3.63, 3.8) is 0 Å². The number of nitrogens with zero attached hydrogens (tertiary/aromatic N) is 5. The smallest absolute Gasteiger partial charge is 0.224 e. The lowest BCUT2D eigenvalue weighted by molar-refractivity contribution is -0.134. The molecule has 0 bridgehead atoms. The predicted molar refractivity (Wildman–Crippen MR) is 102 cm³/mol. The normalized spacial score (nSPS) is 18.6. The number of rotatable bonds is 5. The average molecular weight is 390 g/mol. The second-order valence-corrected chi connectivity index (χ2v) is 7.67. The Balaban J connectivity index is 1.25. The van der Waals surface area contributed by atoms with Crippen molar-refractivity contribution in [3.05, 3.63) is 35.2 Å². The molecule has 2 aromatic heterocycles. The maximum atomic E-state index is 12.4. The van der Waals surface area contributed by atoms with Crippen molar-refractivity contribution in [3.8, 4) is 0 Å². The maximum Gasteiger partial charge on any atom is 0.224 e. The summed E-state index contributed by atoms with van der Waals surface area (Å²) in [6.45, 7) is 5.25. The number of piperazine rings is 1. The van der Waals surface area contributed by atoms with Gasteiger partial charge in [-0.05, 0) is 18.6 Å². The Morgan fingerprint density at radius 3 is 2.67 bits per heavy atom. The summed E-state index contributed by atoms with van der Waals surface area (Å²) in [7, 11) is 0. The molecule has 144 valence electrons. The Labute approximate surface area is 163 Å². The molecule has 0 spiro atoms. The van der Waals surface area contributed by atoms with E-state index in [1.54, 1.807) is 0 Å². The molecule has 4 heterocycles. The van der Waals surface area contributed by atoms with Gasteiger partial charge in [-0.25, -0.2) is 4.98 Å². The van der Waals surface area contributed by atoms with Crippen LogP contribution in [-0.4, -0.2) is 75.2 Å². The molecule has 8 heteroatoms. The summed E-state index contributed by atoms with van der Waals surface area (Å²) in [6.07, 6.45) is 5.84. The van der Waals surface area contributed by atoms with Crippen LogP contribution in [0.3, 0.4) is 0 Å². The molecule has 0 unspecified atom stereocenters. The van der Waals surface area contributed by atoms with Gasteiger partial charge < -0.3 is 14.2 Å². The zero-order valence-electron chi connectivity index (χ0n) is 15.3. The summed E-state index contributed by atoms with van der Waals surface area (Å²) in [5.41, 5.74) is 1.89. The van der Waals surface area contributed by atoms with Gasteiger partial charge in [-0.1, -0.05) is 11.6 Å². The van der Waals surface area contributed by atoms with Gasteiger partial charge in [0.2, 0.25) is 11.8 Å². The Morgan fingerprint density at radius 1 is 1.11 bits per heavy atom. The highest BCUT2D eigenvalue weighted by Gasteiger charge is 2.24. The summed E-state index contributed by atoms with van der Waals surface area (Å²) < 4.78 is 1.94. The molecule has 4 rings (SSSR count). The fraction of sp³-hybridized carbons (Fsp3) is 0.526. The van der Waals surface area contributed by atoms with Gasteiger partial charge in [0.15, 0.2) is 0 Å². The minimum atomic E-state index is 0.150. The van der Waals surface area contributed by atoms with Gasteiger partial charge in [-0.15, -0.1) is 0 Å². The van der Waals surface area contributed by atoms with E-state index in [0.717, 1.165) is 57.0 Å². The third-order valence-electron chi connectivity index (χ3n) is 5.34. The number of hydrogen-bond donors (Lipinski definition) is 0. The highest BCUT2D eigenvalue weighted by molar-refractivity contribution is 6.30. The zero-order valence-corrected chi connectivity index (χ0v) is 16.1. The lowest BCUT2D eigenvalue weighted by Gasteiger charge is -2.34. The second-order valence-electron chi connectivity index (χ2n) is 7.24. The summed E-state index contributed by atoms with van der Waals surface area (Å²) in [5, 5.41) is 0.689. The van der Waals surface area contributed by atoms with Crippen LogP contribution in [0.15, 0.2) is 24.5 Å². The minimum Gasteiger partial charge on any atom is -0.342 e. The Hall–Kier alpha value is -2.12. The van der Waals surface area contributed by atoms with Crippen molar-refractivity contribution in [2.75, 3.05) is 39.3 Å². The monoisotopic (exact) mass is 389 g/mol. The number of imidazole rings is 1. The van der Waals surface area contributed by atoms with Gasteiger partial charge in [0.25, 0.3) is 0 Å². The topological polar surface area (TPSA) is 61.2 Å². The van der Waals surface area contributed by atoms with Gasteiger partial charge in [0.1, 0.15) is 5.65 Å². The Morgan fingerprint density at radius 2 is 1.93 bits per heavy atom. The highest BCUT2D eigenvalue weighted by Crippen LogP contribution is 2.15. The summed E-state index contributed by atoms with van der Waals surface area (Å²) in [6, 6.07) is 3.75. The zero-order chi connectivity index (χ0) is 18.8. The van der Waals surface area contributed by atoms with Crippen LogP contribution in [0.2, 0.25) is 5.02 Å². The van der Waals surface area contributed by atoms with Crippen molar-refractivity contribution in [2.24, 2.45) is 0 Å². The van der Waals surface area contributed by atoms with Crippen LogP contribution in [0.1, 0.15) is 25.0 Å². The number of pyridine rings is 1. The molecule has 2 amide bonds. The average Bonchev–Trinajstić information content (AvgIpc) is 3.25. The van der Waals surface area contributed by atoms with E-state index >= 15 is 0 Å². The molecule has 2 aromatic rings. The van der Waals surface area contributed by atoms with Gasteiger partial charge in [-0.3, -0.25) is 14.5 Å². The molecule has 0 N–H and O–H groups in total. The molecular formula is C19H24ClN5O2. The lowest BCUT2D eigenvalue weighted by Crippen LogP contribution is -2.48. The number of hydrogen-bond acceptors (Lipinski definition) is 4. The first-order chi connectivity index (χ1) is 13.1. The first-order valence-corrected chi connectivity index (χ1v) is 9.87. The largest absolute Gasteiger partial charge is 0.342 e. The molecule has 0 aromatic carbocycles. The molecule has 2 aliphatic rings. The van der Waals surface area contributed by atoms with Gasteiger partial charge in [-0.2, -0.15) is 0 Å². The first kappa shape index (κ1) is 18.3. The van der Waals surface area contributed by atoms with E-state index in [4.69, 9.17) is 11.6 Å². The number of amides is 2. The summed E-state index contributed by atoms with van der Waals surface area (Å²) >= 11 is 6.02. The van der Waals surface area contributed by atoms with Crippen LogP contribution in [0, 0.1) is 0 Å². The third kappa shape index (κ3) is 4.25. The predicted octanol–water partition coefficient (Wildman–Crippen LogP) is 1.64. The fourth-order valence-electron chi connectivity index (χ4n) is 3.81. The van der Waals surface area contributed by atoms with Crippen LogP contribution < -0.4 is 0 Å². The molecule has 0 atom stereocenters. The van der Waals surface area contributed by atoms with Crippen molar-refractivity contribution in [2.45, 2.75) is 25.8 Å². The van der Waals surface area contributed by atoms with Crippen LogP contribution in [0.5, 0.6) is 0 Å². The van der Waals surface area contributed by atoms with E-state index in [9.17, 15) is 9.59 Å². The van der Waals surface area contributed by atoms with E-state index in [-0.39, 0.29) is 11.8 Å². The molecule has 0 aliphatic carbocycles. The summed E-state index contributed by atoms with van der Waals surface area (Å²) in [5.74, 6) is 0.332. The fourth-order valence-corrected chi connectivity index (χ4v) is 3.98. The van der Waals surface area contributed by atoms with E-state index in [1.165, 1.54) is 0 Å². The highest BCUT2D eigenvalue weighted by atomic mass is 35.5. The molecule has 27 heavy (non-hydrogen) atoms. The van der Waals surface area contributed by atoms with E-state index < -0.39 is 0 Å². The van der Waals surface area contributed by atoms with Gasteiger partial charge in [0, 0.05) is 71.0 Å². The molecule has 0 radical (unpaired) electrons. The van der Waals surface area contributed by atoms with Crippen molar-refractivity contribution in [1.29, 1.82) is 0 Å². The van der Waals surface area contributed by atoms with Crippen LogP contribution in [0.4, 0.5) is 0 Å². The van der Waals surface area contributed by atoms with E-state index in [0.29, 0.717) is 24.4 Å². The minimum absolute atomic E-state index is 0.150. The summed E-state index contributed by atoms with van der Waals surface area (Å²) in [4.78, 5) is 34.7. The SMILES string of the molecule is O=C1CCCN1CCC(=O)N1CCN(Cc2cn3cc(Cl)ccc3n2)CC1. The van der Waals surface area contributed by atoms with Crippen molar-refractivity contribution in [1.82, 2.24) is 24.1 Å². The van der Waals surface area contributed by atoms with E-state index in [2.05, 4.69) is 9.88 Å². The first-order valence-electron chi connectivity index (χ1n) is 9.49. The number of likely N-dealkylation sites (tertiary alicyclic amines) is 1. The molecule has 0 saturated carbocycles. The maximum absolute atomic E-state index is 12.4. The van der Waals surface area contributed by atoms with Gasteiger partial charge >= 0.3 is 0 Å².